The Morgan fingerprint density at radius 3 is 2.77 bits per heavy atom. The molecule has 2 N–H and O–H groups in total. The lowest BCUT2D eigenvalue weighted by Crippen LogP contribution is -2.21. The topological polar surface area (TPSA) is 52.3 Å². The van der Waals surface area contributed by atoms with Gasteiger partial charge in [-0.1, -0.05) is 6.92 Å². The number of rotatable bonds is 3. The molecule has 1 saturated carbocycles. The van der Waals surface area contributed by atoms with Gasteiger partial charge in [0.25, 0.3) is 0 Å². The van der Waals surface area contributed by atoms with Crippen LogP contribution in [0.5, 0.6) is 0 Å². The highest BCUT2D eigenvalue weighted by Crippen LogP contribution is 2.35. The van der Waals surface area contributed by atoms with Crippen LogP contribution in [0.3, 0.4) is 0 Å². The molecule has 1 fully saturated rings. The van der Waals surface area contributed by atoms with Gasteiger partial charge in [0.05, 0.1) is 13.0 Å². The van der Waals surface area contributed by atoms with Crippen molar-refractivity contribution in [3.8, 4) is 0 Å². The number of carbonyl (C=O) groups excluding carboxylic acids is 1. The van der Waals surface area contributed by atoms with Gasteiger partial charge in [-0.3, -0.25) is 4.79 Å². The van der Waals surface area contributed by atoms with E-state index in [0.717, 1.165) is 19.4 Å². The van der Waals surface area contributed by atoms with Crippen LogP contribution in [-0.4, -0.2) is 19.6 Å². The lowest BCUT2D eigenvalue weighted by molar-refractivity contribution is -0.146. The molecule has 0 heterocycles. The Labute approximate surface area is 79.6 Å². The molecule has 3 nitrogen and oxygen atoms in total. The van der Waals surface area contributed by atoms with Crippen LogP contribution in [0.4, 0.5) is 0 Å². The van der Waals surface area contributed by atoms with E-state index < -0.39 is 0 Å². The van der Waals surface area contributed by atoms with Crippen molar-refractivity contribution < 1.29 is 9.53 Å². The second kappa shape index (κ2) is 4.61. The van der Waals surface area contributed by atoms with Gasteiger partial charge in [-0.15, -0.1) is 0 Å². The maximum atomic E-state index is 11.2. The summed E-state index contributed by atoms with van der Waals surface area (Å²) in [7, 11) is 1.45. The van der Waals surface area contributed by atoms with Gasteiger partial charge in [-0.05, 0) is 37.6 Å². The first-order chi connectivity index (χ1) is 6.19. The number of esters is 1. The van der Waals surface area contributed by atoms with E-state index in [0.29, 0.717) is 11.8 Å². The Kier molecular flexibility index (Phi) is 3.72. The highest BCUT2D eigenvalue weighted by atomic mass is 16.5. The van der Waals surface area contributed by atoms with Crippen LogP contribution in [0.15, 0.2) is 0 Å². The fourth-order valence-corrected chi connectivity index (χ4v) is 2.16. The van der Waals surface area contributed by atoms with Crippen molar-refractivity contribution in [1.29, 1.82) is 0 Å². The van der Waals surface area contributed by atoms with Crippen molar-refractivity contribution >= 4 is 5.97 Å². The Bertz CT molecular complexity index is 182. The average Bonchev–Trinajstić information content (AvgIpc) is 2.63. The van der Waals surface area contributed by atoms with E-state index in [9.17, 15) is 4.79 Å². The normalized spacial score (nSPS) is 30.1. The molecule has 0 aromatic rings. The Balaban J connectivity index is 2.41. The molecule has 1 aliphatic carbocycles. The Morgan fingerprint density at radius 1 is 1.62 bits per heavy atom. The second-order valence-corrected chi connectivity index (χ2v) is 3.99. The molecule has 3 unspecified atom stereocenters. The third-order valence-corrected chi connectivity index (χ3v) is 3.20. The number of hydrogen-bond donors (Lipinski definition) is 1. The van der Waals surface area contributed by atoms with Crippen LogP contribution in [0, 0.1) is 17.8 Å². The molecule has 3 heteroatoms. The van der Waals surface area contributed by atoms with Crippen molar-refractivity contribution in [3.05, 3.63) is 0 Å². The van der Waals surface area contributed by atoms with E-state index in [1.54, 1.807) is 0 Å². The van der Waals surface area contributed by atoms with E-state index in [1.165, 1.54) is 13.5 Å². The first kappa shape index (κ1) is 10.5. The van der Waals surface area contributed by atoms with E-state index in [2.05, 4.69) is 0 Å². The summed E-state index contributed by atoms with van der Waals surface area (Å²) in [6.45, 7) is 2.71. The average molecular weight is 185 g/mol. The molecule has 13 heavy (non-hydrogen) atoms. The summed E-state index contributed by atoms with van der Waals surface area (Å²) in [5, 5.41) is 0. The number of nitrogens with two attached hydrogens (primary N) is 1. The fraction of sp³-hybridized carbons (Fsp3) is 0.900. The van der Waals surface area contributed by atoms with Crippen LogP contribution >= 0.6 is 0 Å². The zero-order valence-electron chi connectivity index (χ0n) is 8.45. The molecule has 0 radical (unpaired) electrons. The van der Waals surface area contributed by atoms with E-state index in [1.807, 2.05) is 6.92 Å². The zero-order valence-corrected chi connectivity index (χ0v) is 8.45. The molecule has 0 amide bonds. The molecule has 1 rings (SSSR count). The van der Waals surface area contributed by atoms with Gasteiger partial charge in [0.15, 0.2) is 0 Å². The number of carbonyl (C=O) groups is 1. The summed E-state index contributed by atoms with van der Waals surface area (Å²) >= 11 is 0. The number of methoxy groups -OCH3 is 1. The van der Waals surface area contributed by atoms with Crippen molar-refractivity contribution in [1.82, 2.24) is 0 Å². The minimum Gasteiger partial charge on any atom is -0.469 e. The molecule has 0 aliphatic heterocycles. The van der Waals surface area contributed by atoms with E-state index in [4.69, 9.17) is 10.5 Å². The molecule has 0 aromatic heterocycles. The van der Waals surface area contributed by atoms with Crippen LogP contribution in [0.2, 0.25) is 0 Å². The zero-order chi connectivity index (χ0) is 9.84. The van der Waals surface area contributed by atoms with Crippen molar-refractivity contribution in [2.75, 3.05) is 13.7 Å². The number of hydrogen-bond acceptors (Lipinski definition) is 3. The van der Waals surface area contributed by atoms with Crippen LogP contribution < -0.4 is 5.73 Å². The summed E-state index contributed by atoms with van der Waals surface area (Å²) in [5.41, 5.74) is 5.59. The standard InChI is InChI=1S/C10H19NO2/c1-7(10(12)13-2)9-4-3-8(5-9)6-11/h7-9H,3-6,11H2,1-2H3. The third-order valence-electron chi connectivity index (χ3n) is 3.20. The van der Waals surface area contributed by atoms with Crippen molar-refractivity contribution in [2.45, 2.75) is 26.2 Å². The SMILES string of the molecule is COC(=O)C(C)C1CCC(CN)C1. The van der Waals surface area contributed by atoms with Crippen LogP contribution in [0.1, 0.15) is 26.2 Å². The molecule has 0 saturated heterocycles. The van der Waals surface area contributed by atoms with Gasteiger partial charge >= 0.3 is 5.97 Å². The van der Waals surface area contributed by atoms with Crippen LogP contribution in [-0.2, 0) is 9.53 Å². The summed E-state index contributed by atoms with van der Waals surface area (Å²) in [6.07, 6.45) is 3.38. The molecular formula is C10H19NO2. The summed E-state index contributed by atoms with van der Waals surface area (Å²) in [5.74, 6) is 1.07. The van der Waals surface area contributed by atoms with Crippen molar-refractivity contribution in [2.24, 2.45) is 23.5 Å². The first-order valence-electron chi connectivity index (χ1n) is 4.97. The number of ether oxygens (including phenoxy) is 1. The first-order valence-corrected chi connectivity index (χ1v) is 4.97. The molecule has 76 valence electrons. The van der Waals surface area contributed by atoms with Gasteiger partial charge in [-0.25, -0.2) is 0 Å². The minimum atomic E-state index is -0.0809. The minimum absolute atomic E-state index is 0.0431. The quantitative estimate of drug-likeness (QED) is 0.671. The molecule has 0 spiro atoms. The lowest BCUT2D eigenvalue weighted by atomic mass is 9.92. The summed E-state index contributed by atoms with van der Waals surface area (Å²) in [6, 6.07) is 0. The maximum Gasteiger partial charge on any atom is 0.308 e. The van der Waals surface area contributed by atoms with Crippen LogP contribution in [0.25, 0.3) is 0 Å². The van der Waals surface area contributed by atoms with Gasteiger partial charge in [0.1, 0.15) is 0 Å². The lowest BCUT2D eigenvalue weighted by Gasteiger charge is -2.16. The summed E-state index contributed by atoms with van der Waals surface area (Å²) < 4.78 is 4.72. The second-order valence-electron chi connectivity index (χ2n) is 3.99. The van der Waals surface area contributed by atoms with Gasteiger partial charge in [0, 0.05) is 0 Å². The molecule has 0 aromatic carbocycles. The van der Waals surface area contributed by atoms with Gasteiger partial charge < -0.3 is 10.5 Å². The largest absolute Gasteiger partial charge is 0.469 e. The monoisotopic (exact) mass is 185 g/mol. The smallest absolute Gasteiger partial charge is 0.308 e. The van der Waals surface area contributed by atoms with E-state index in [-0.39, 0.29) is 11.9 Å². The fourth-order valence-electron chi connectivity index (χ4n) is 2.16. The predicted molar refractivity (Wildman–Crippen MR) is 51.1 cm³/mol. The molecule has 1 aliphatic rings. The highest BCUT2D eigenvalue weighted by Gasteiger charge is 2.31. The summed E-state index contributed by atoms with van der Waals surface area (Å²) in [4.78, 5) is 11.2. The Hall–Kier alpha value is -0.570. The third kappa shape index (κ3) is 2.44. The molecule has 3 atom stereocenters. The Morgan fingerprint density at radius 2 is 2.31 bits per heavy atom. The molecular weight excluding hydrogens is 166 g/mol. The van der Waals surface area contributed by atoms with Crippen molar-refractivity contribution in [3.63, 3.8) is 0 Å². The maximum absolute atomic E-state index is 11.2. The van der Waals surface area contributed by atoms with Gasteiger partial charge in [-0.2, -0.15) is 0 Å². The highest BCUT2D eigenvalue weighted by molar-refractivity contribution is 5.72. The molecule has 0 bridgehead atoms. The van der Waals surface area contributed by atoms with E-state index >= 15 is 0 Å². The van der Waals surface area contributed by atoms with Gasteiger partial charge in [0.2, 0.25) is 0 Å². The predicted octanol–water partition coefficient (Wildman–Crippen LogP) is 1.17.